The minimum absolute atomic E-state index is 0.00766. The summed E-state index contributed by atoms with van der Waals surface area (Å²) >= 11 is 0. The topological polar surface area (TPSA) is 79.3 Å². The Labute approximate surface area is 166 Å². The normalized spacial score (nSPS) is 17.3. The lowest BCUT2D eigenvalue weighted by molar-refractivity contribution is -0.117. The third-order valence-electron chi connectivity index (χ3n) is 5.45. The largest absolute Gasteiger partial charge is 0.350 e. The van der Waals surface area contributed by atoms with Crippen LogP contribution in [0.15, 0.2) is 30.7 Å². The van der Waals surface area contributed by atoms with Crippen molar-refractivity contribution in [2.75, 3.05) is 31.5 Å². The molecule has 3 rings (SSSR count). The Morgan fingerprint density at radius 2 is 2.11 bits per heavy atom. The molecule has 1 aromatic heterocycles. The van der Waals surface area contributed by atoms with Crippen LogP contribution < -0.4 is 10.6 Å². The predicted molar refractivity (Wildman–Crippen MR) is 109 cm³/mol. The fourth-order valence-corrected chi connectivity index (χ4v) is 3.64. The molecule has 1 atom stereocenters. The SMILES string of the molecule is Cc1cccc(NC(=O)CN2CCC[C@H](CNC(=O)c3cncn3C)C2)c1C. The van der Waals surface area contributed by atoms with Crippen LogP contribution in [-0.4, -0.2) is 52.4 Å². The van der Waals surface area contributed by atoms with E-state index in [4.69, 9.17) is 0 Å². The number of hydrogen-bond acceptors (Lipinski definition) is 4. The first kappa shape index (κ1) is 20.1. The zero-order chi connectivity index (χ0) is 20.1. The molecule has 2 N–H and O–H groups in total. The second kappa shape index (κ2) is 9.01. The maximum atomic E-state index is 12.5. The van der Waals surface area contributed by atoms with Gasteiger partial charge in [-0.2, -0.15) is 0 Å². The van der Waals surface area contributed by atoms with Crippen molar-refractivity contribution in [3.8, 4) is 0 Å². The van der Waals surface area contributed by atoms with Crippen LogP contribution in [0.5, 0.6) is 0 Å². The van der Waals surface area contributed by atoms with Crippen molar-refractivity contribution in [2.24, 2.45) is 13.0 Å². The minimum Gasteiger partial charge on any atom is -0.350 e. The first-order valence-electron chi connectivity index (χ1n) is 9.77. The highest BCUT2D eigenvalue weighted by Crippen LogP contribution is 2.19. The summed E-state index contributed by atoms with van der Waals surface area (Å²) in [5.74, 6) is 0.248. The van der Waals surface area contributed by atoms with Gasteiger partial charge in [0.25, 0.3) is 5.91 Å². The van der Waals surface area contributed by atoms with Gasteiger partial charge in [0.2, 0.25) is 5.91 Å². The number of nitrogens with zero attached hydrogens (tertiary/aromatic N) is 3. The van der Waals surface area contributed by atoms with Crippen LogP contribution >= 0.6 is 0 Å². The number of nitrogens with one attached hydrogen (secondary N) is 2. The number of likely N-dealkylation sites (tertiary alicyclic amines) is 1. The zero-order valence-corrected chi connectivity index (χ0v) is 16.9. The monoisotopic (exact) mass is 383 g/mol. The molecule has 1 saturated heterocycles. The number of carbonyl (C=O) groups is 2. The summed E-state index contributed by atoms with van der Waals surface area (Å²) in [6.45, 7) is 6.77. The molecule has 150 valence electrons. The van der Waals surface area contributed by atoms with Crippen LogP contribution in [0.2, 0.25) is 0 Å². The fraction of sp³-hybridized carbons (Fsp3) is 0.476. The van der Waals surface area contributed by atoms with Crippen molar-refractivity contribution >= 4 is 17.5 Å². The summed E-state index contributed by atoms with van der Waals surface area (Å²) in [4.78, 5) is 30.9. The van der Waals surface area contributed by atoms with Gasteiger partial charge < -0.3 is 15.2 Å². The van der Waals surface area contributed by atoms with Gasteiger partial charge in [0, 0.05) is 25.8 Å². The molecule has 2 aromatic rings. The summed E-state index contributed by atoms with van der Waals surface area (Å²) in [7, 11) is 1.80. The Morgan fingerprint density at radius 3 is 2.86 bits per heavy atom. The lowest BCUT2D eigenvalue weighted by Gasteiger charge is -2.32. The second-order valence-corrected chi connectivity index (χ2v) is 7.64. The summed E-state index contributed by atoms with van der Waals surface area (Å²) in [5, 5.41) is 6.02. The standard InChI is InChI=1S/C21H29N5O2/c1-15-6-4-8-18(16(15)2)24-20(27)13-26-9-5-7-17(12-26)10-23-21(28)19-11-22-14-25(19)3/h4,6,8,11,14,17H,5,7,9-10,12-13H2,1-3H3,(H,23,28)(H,24,27)/t17-/m1/s1. The Hall–Kier alpha value is -2.67. The number of amides is 2. The lowest BCUT2D eigenvalue weighted by atomic mass is 9.98. The van der Waals surface area contributed by atoms with E-state index in [2.05, 4.69) is 20.5 Å². The second-order valence-electron chi connectivity index (χ2n) is 7.64. The van der Waals surface area contributed by atoms with Crippen LogP contribution in [0, 0.1) is 19.8 Å². The number of aromatic nitrogens is 2. The van der Waals surface area contributed by atoms with Crippen molar-refractivity contribution in [3.05, 3.63) is 47.5 Å². The average molecular weight is 383 g/mol. The van der Waals surface area contributed by atoms with Crippen LogP contribution in [0.1, 0.15) is 34.5 Å². The maximum absolute atomic E-state index is 12.5. The quantitative estimate of drug-likeness (QED) is 0.801. The molecule has 1 aliphatic rings. The molecule has 28 heavy (non-hydrogen) atoms. The molecule has 2 amide bonds. The Balaban J connectivity index is 1.48. The van der Waals surface area contributed by atoms with Crippen molar-refractivity contribution in [1.29, 1.82) is 0 Å². The van der Waals surface area contributed by atoms with E-state index in [9.17, 15) is 9.59 Å². The molecule has 0 unspecified atom stereocenters. The highest BCUT2D eigenvalue weighted by atomic mass is 16.2. The van der Waals surface area contributed by atoms with Gasteiger partial charge in [-0.25, -0.2) is 4.98 Å². The zero-order valence-electron chi connectivity index (χ0n) is 16.9. The molecule has 0 saturated carbocycles. The molecule has 2 heterocycles. The molecule has 0 spiro atoms. The number of rotatable bonds is 6. The van der Waals surface area contributed by atoms with Gasteiger partial charge >= 0.3 is 0 Å². The number of benzene rings is 1. The molecule has 0 bridgehead atoms. The van der Waals surface area contributed by atoms with Crippen molar-refractivity contribution in [1.82, 2.24) is 19.8 Å². The van der Waals surface area contributed by atoms with E-state index >= 15 is 0 Å². The van der Waals surface area contributed by atoms with Crippen LogP contribution in [0.4, 0.5) is 5.69 Å². The van der Waals surface area contributed by atoms with E-state index in [0.29, 0.717) is 24.7 Å². The van der Waals surface area contributed by atoms with Gasteiger partial charge in [-0.1, -0.05) is 12.1 Å². The first-order chi connectivity index (χ1) is 13.4. The van der Waals surface area contributed by atoms with E-state index in [0.717, 1.165) is 37.2 Å². The van der Waals surface area contributed by atoms with Crippen molar-refractivity contribution in [3.63, 3.8) is 0 Å². The molecule has 0 aliphatic carbocycles. The number of imidazole rings is 1. The van der Waals surface area contributed by atoms with Gasteiger partial charge in [0.05, 0.1) is 19.1 Å². The molecule has 1 fully saturated rings. The van der Waals surface area contributed by atoms with Gasteiger partial charge in [-0.05, 0) is 56.3 Å². The highest BCUT2D eigenvalue weighted by Gasteiger charge is 2.23. The average Bonchev–Trinajstić information content (AvgIpc) is 3.10. The minimum atomic E-state index is -0.107. The summed E-state index contributed by atoms with van der Waals surface area (Å²) in [6.07, 6.45) is 5.27. The van der Waals surface area contributed by atoms with E-state index in [1.807, 2.05) is 32.0 Å². The number of hydrogen-bond donors (Lipinski definition) is 2. The Kier molecular flexibility index (Phi) is 6.46. The van der Waals surface area contributed by atoms with Crippen molar-refractivity contribution in [2.45, 2.75) is 26.7 Å². The van der Waals surface area contributed by atoms with Gasteiger partial charge in [-0.3, -0.25) is 14.5 Å². The first-order valence-corrected chi connectivity index (χ1v) is 9.77. The highest BCUT2D eigenvalue weighted by molar-refractivity contribution is 5.93. The number of carbonyl (C=O) groups excluding carboxylic acids is 2. The van der Waals surface area contributed by atoms with E-state index < -0.39 is 0 Å². The van der Waals surface area contributed by atoms with Gasteiger partial charge in [0.15, 0.2) is 0 Å². The van der Waals surface area contributed by atoms with Crippen LogP contribution in [-0.2, 0) is 11.8 Å². The molecule has 0 radical (unpaired) electrons. The third-order valence-corrected chi connectivity index (χ3v) is 5.45. The molecule has 1 aromatic carbocycles. The molecule has 7 heteroatoms. The maximum Gasteiger partial charge on any atom is 0.269 e. The lowest BCUT2D eigenvalue weighted by Crippen LogP contribution is -2.44. The predicted octanol–water partition coefficient (Wildman–Crippen LogP) is 2.12. The molecule has 1 aliphatic heterocycles. The summed E-state index contributed by atoms with van der Waals surface area (Å²) < 4.78 is 1.71. The smallest absolute Gasteiger partial charge is 0.269 e. The number of aryl methyl sites for hydroxylation is 2. The van der Waals surface area contributed by atoms with E-state index in [1.165, 1.54) is 5.56 Å². The number of anilines is 1. The summed E-state index contributed by atoms with van der Waals surface area (Å²) in [5.41, 5.74) is 3.70. The Bertz CT molecular complexity index is 845. The van der Waals surface area contributed by atoms with Gasteiger partial charge in [-0.15, -0.1) is 0 Å². The Morgan fingerprint density at radius 1 is 1.29 bits per heavy atom. The summed E-state index contributed by atoms with van der Waals surface area (Å²) in [6, 6.07) is 5.94. The van der Waals surface area contributed by atoms with E-state index in [1.54, 1.807) is 24.1 Å². The molecular formula is C21H29N5O2. The van der Waals surface area contributed by atoms with Gasteiger partial charge in [0.1, 0.15) is 5.69 Å². The van der Waals surface area contributed by atoms with Crippen LogP contribution in [0.25, 0.3) is 0 Å². The number of piperidine rings is 1. The fourth-order valence-electron chi connectivity index (χ4n) is 3.64. The van der Waals surface area contributed by atoms with E-state index in [-0.39, 0.29) is 11.8 Å². The van der Waals surface area contributed by atoms with Crippen LogP contribution in [0.3, 0.4) is 0 Å². The molecule has 7 nitrogen and oxygen atoms in total. The third kappa shape index (κ3) is 4.98. The van der Waals surface area contributed by atoms with Crippen molar-refractivity contribution < 1.29 is 9.59 Å². The molecular weight excluding hydrogens is 354 g/mol.